The lowest BCUT2D eigenvalue weighted by Crippen LogP contribution is -1.95. The summed E-state index contributed by atoms with van der Waals surface area (Å²) in [6.07, 6.45) is 1.80. The molecule has 0 saturated carbocycles. The second-order valence-corrected chi connectivity index (χ2v) is 3.22. The van der Waals surface area contributed by atoms with Gasteiger partial charge in [0.15, 0.2) is 0 Å². The van der Waals surface area contributed by atoms with Crippen molar-refractivity contribution >= 4 is 10.9 Å². The molecule has 0 atom stereocenters. The van der Waals surface area contributed by atoms with Crippen molar-refractivity contribution in [3.05, 3.63) is 36.0 Å². The Bertz CT molecular complexity index is 451. The van der Waals surface area contributed by atoms with Crippen molar-refractivity contribution in [3.63, 3.8) is 0 Å². The molecule has 0 amide bonds. The first kappa shape index (κ1) is 9.00. The maximum Gasteiger partial charge on any atom is 0.148 e. The molecule has 0 unspecified atom stereocenters. The minimum absolute atomic E-state index is 0.677. The normalized spacial score (nSPS) is 10.4. The number of aryl methyl sites for hydroxylation is 1. The molecule has 2 heteroatoms. The van der Waals surface area contributed by atoms with E-state index in [1.807, 2.05) is 26.0 Å². The minimum Gasteiger partial charge on any atom is -0.491 e. The van der Waals surface area contributed by atoms with E-state index < -0.39 is 0 Å². The van der Waals surface area contributed by atoms with Crippen molar-refractivity contribution in [1.82, 2.24) is 4.98 Å². The summed E-state index contributed by atoms with van der Waals surface area (Å²) in [7, 11) is 0. The first-order chi connectivity index (χ1) is 6.83. The second kappa shape index (κ2) is 3.66. The van der Waals surface area contributed by atoms with Gasteiger partial charge in [0.25, 0.3) is 0 Å². The number of aromatic nitrogens is 1. The summed E-state index contributed by atoms with van der Waals surface area (Å²) in [6.45, 7) is 4.71. The van der Waals surface area contributed by atoms with E-state index in [2.05, 4.69) is 17.1 Å². The molecule has 0 fully saturated rings. The molecule has 0 aliphatic carbocycles. The molecule has 0 aliphatic heterocycles. The molecule has 0 saturated heterocycles. The number of pyridine rings is 1. The van der Waals surface area contributed by atoms with E-state index in [9.17, 15) is 0 Å². The van der Waals surface area contributed by atoms with E-state index in [1.54, 1.807) is 6.20 Å². The van der Waals surface area contributed by atoms with Crippen molar-refractivity contribution < 1.29 is 4.74 Å². The highest BCUT2D eigenvalue weighted by Crippen LogP contribution is 2.27. The minimum atomic E-state index is 0.677. The van der Waals surface area contributed by atoms with Gasteiger partial charge >= 0.3 is 0 Å². The van der Waals surface area contributed by atoms with Gasteiger partial charge in [-0.25, -0.2) is 0 Å². The summed E-state index contributed by atoms with van der Waals surface area (Å²) < 4.78 is 5.59. The molecular formula is C12H13NO. The zero-order valence-electron chi connectivity index (χ0n) is 8.45. The van der Waals surface area contributed by atoms with Gasteiger partial charge in [-0.1, -0.05) is 18.2 Å². The van der Waals surface area contributed by atoms with E-state index in [1.165, 1.54) is 0 Å². The van der Waals surface area contributed by atoms with E-state index >= 15 is 0 Å². The van der Waals surface area contributed by atoms with E-state index in [0.717, 1.165) is 22.2 Å². The first-order valence-corrected chi connectivity index (χ1v) is 4.80. The SMILES string of the molecule is CCOc1c(C)ccc2cccnc12. The Balaban J connectivity index is 2.69. The summed E-state index contributed by atoms with van der Waals surface area (Å²) in [5.74, 6) is 0.908. The first-order valence-electron chi connectivity index (χ1n) is 4.80. The molecule has 72 valence electrons. The van der Waals surface area contributed by atoms with Crippen molar-refractivity contribution in [2.75, 3.05) is 6.61 Å². The average molecular weight is 187 g/mol. The molecule has 0 N–H and O–H groups in total. The third-order valence-corrected chi connectivity index (χ3v) is 2.21. The van der Waals surface area contributed by atoms with Gasteiger partial charge in [-0.05, 0) is 25.5 Å². The van der Waals surface area contributed by atoms with Crippen LogP contribution >= 0.6 is 0 Å². The van der Waals surface area contributed by atoms with Crippen LogP contribution < -0.4 is 4.74 Å². The molecule has 0 bridgehead atoms. The average Bonchev–Trinajstić information content (AvgIpc) is 2.23. The molecule has 0 aliphatic rings. The fraction of sp³-hybridized carbons (Fsp3) is 0.250. The molecule has 1 aromatic heterocycles. The standard InChI is InChI=1S/C12H13NO/c1-3-14-12-9(2)6-7-10-5-4-8-13-11(10)12/h4-8H,3H2,1-2H3. The van der Waals surface area contributed by atoms with Crippen LogP contribution in [0.25, 0.3) is 10.9 Å². The number of hydrogen-bond acceptors (Lipinski definition) is 2. The molecule has 2 aromatic rings. The van der Waals surface area contributed by atoms with Crippen LogP contribution in [-0.4, -0.2) is 11.6 Å². The van der Waals surface area contributed by atoms with Crippen LogP contribution in [0.1, 0.15) is 12.5 Å². The number of rotatable bonds is 2. The molecule has 1 heterocycles. The van der Waals surface area contributed by atoms with E-state index in [-0.39, 0.29) is 0 Å². The Hall–Kier alpha value is -1.57. The van der Waals surface area contributed by atoms with Crippen molar-refractivity contribution in [2.24, 2.45) is 0 Å². The Morgan fingerprint density at radius 1 is 1.29 bits per heavy atom. The number of hydrogen-bond donors (Lipinski definition) is 0. The second-order valence-electron chi connectivity index (χ2n) is 3.22. The lowest BCUT2D eigenvalue weighted by atomic mass is 10.1. The maximum atomic E-state index is 5.59. The maximum absolute atomic E-state index is 5.59. The van der Waals surface area contributed by atoms with E-state index in [4.69, 9.17) is 4.74 Å². The fourth-order valence-corrected chi connectivity index (χ4v) is 1.55. The van der Waals surface area contributed by atoms with Crippen LogP contribution in [0.4, 0.5) is 0 Å². The van der Waals surface area contributed by atoms with Gasteiger partial charge in [0, 0.05) is 11.6 Å². The number of benzene rings is 1. The molecule has 1 aromatic carbocycles. The lowest BCUT2D eigenvalue weighted by Gasteiger charge is -2.09. The number of ether oxygens (including phenoxy) is 1. The number of fused-ring (bicyclic) bond motifs is 1. The molecule has 2 nitrogen and oxygen atoms in total. The summed E-state index contributed by atoms with van der Waals surface area (Å²) in [5.41, 5.74) is 2.09. The highest BCUT2D eigenvalue weighted by molar-refractivity contribution is 5.85. The van der Waals surface area contributed by atoms with Crippen LogP contribution in [0.3, 0.4) is 0 Å². The smallest absolute Gasteiger partial charge is 0.148 e. The highest BCUT2D eigenvalue weighted by Gasteiger charge is 2.05. The van der Waals surface area contributed by atoms with Crippen molar-refractivity contribution in [3.8, 4) is 5.75 Å². The molecular weight excluding hydrogens is 174 g/mol. The Morgan fingerprint density at radius 2 is 2.14 bits per heavy atom. The van der Waals surface area contributed by atoms with Crippen LogP contribution in [0.15, 0.2) is 30.5 Å². The van der Waals surface area contributed by atoms with Crippen LogP contribution in [0, 0.1) is 6.92 Å². The Morgan fingerprint density at radius 3 is 2.93 bits per heavy atom. The van der Waals surface area contributed by atoms with Gasteiger partial charge in [-0.2, -0.15) is 0 Å². The molecule has 2 rings (SSSR count). The zero-order valence-corrected chi connectivity index (χ0v) is 8.45. The lowest BCUT2D eigenvalue weighted by molar-refractivity contribution is 0.341. The van der Waals surface area contributed by atoms with Gasteiger partial charge in [-0.15, -0.1) is 0 Å². The predicted octanol–water partition coefficient (Wildman–Crippen LogP) is 2.94. The topological polar surface area (TPSA) is 22.1 Å². The largest absolute Gasteiger partial charge is 0.491 e. The highest BCUT2D eigenvalue weighted by atomic mass is 16.5. The van der Waals surface area contributed by atoms with Crippen molar-refractivity contribution in [2.45, 2.75) is 13.8 Å². The van der Waals surface area contributed by atoms with Gasteiger partial charge in [0.1, 0.15) is 11.3 Å². The third kappa shape index (κ3) is 1.43. The van der Waals surface area contributed by atoms with Crippen LogP contribution in [0.2, 0.25) is 0 Å². The molecule has 0 radical (unpaired) electrons. The van der Waals surface area contributed by atoms with Crippen molar-refractivity contribution in [1.29, 1.82) is 0 Å². The predicted molar refractivity (Wildman–Crippen MR) is 57.6 cm³/mol. The van der Waals surface area contributed by atoms with Crippen LogP contribution in [-0.2, 0) is 0 Å². The van der Waals surface area contributed by atoms with Crippen LogP contribution in [0.5, 0.6) is 5.75 Å². The van der Waals surface area contributed by atoms with Gasteiger partial charge in [0.05, 0.1) is 6.61 Å². The Labute approximate surface area is 83.5 Å². The zero-order chi connectivity index (χ0) is 9.97. The van der Waals surface area contributed by atoms with Gasteiger partial charge < -0.3 is 4.74 Å². The summed E-state index contributed by atoms with van der Waals surface area (Å²) in [4.78, 5) is 4.34. The molecule has 0 spiro atoms. The van der Waals surface area contributed by atoms with Gasteiger partial charge in [-0.3, -0.25) is 4.98 Å². The number of nitrogens with zero attached hydrogens (tertiary/aromatic N) is 1. The Kier molecular flexibility index (Phi) is 2.35. The monoisotopic (exact) mass is 187 g/mol. The summed E-state index contributed by atoms with van der Waals surface area (Å²) >= 11 is 0. The van der Waals surface area contributed by atoms with E-state index in [0.29, 0.717) is 6.61 Å². The fourth-order valence-electron chi connectivity index (χ4n) is 1.55. The van der Waals surface area contributed by atoms with Gasteiger partial charge in [0.2, 0.25) is 0 Å². The molecule has 14 heavy (non-hydrogen) atoms. The summed E-state index contributed by atoms with van der Waals surface area (Å²) in [6, 6.07) is 8.12. The third-order valence-electron chi connectivity index (χ3n) is 2.21. The quantitative estimate of drug-likeness (QED) is 0.721. The summed E-state index contributed by atoms with van der Waals surface area (Å²) in [5, 5.41) is 1.13.